The van der Waals surface area contributed by atoms with Crippen molar-refractivity contribution in [2.45, 2.75) is 59.0 Å². The first-order valence-corrected chi connectivity index (χ1v) is 13.0. The minimum Gasteiger partial charge on any atom is -0.494 e. The van der Waals surface area contributed by atoms with E-state index in [1.165, 1.54) is 11.2 Å². The van der Waals surface area contributed by atoms with Gasteiger partial charge in [-0.25, -0.2) is 8.42 Å². The van der Waals surface area contributed by atoms with Gasteiger partial charge in [0.15, 0.2) is 5.78 Å². The van der Waals surface area contributed by atoms with Crippen LogP contribution in [0, 0.1) is 26.7 Å². The highest BCUT2D eigenvalue weighted by Crippen LogP contribution is 2.27. The van der Waals surface area contributed by atoms with Gasteiger partial charge < -0.3 is 9.47 Å². The van der Waals surface area contributed by atoms with Gasteiger partial charge in [0.1, 0.15) is 12.4 Å². The van der Waals surface area contributed by atoms with Gasteiger partial charge in [0.05, 0.1) is 17.4 Å². The van der Waals surface area contributed by atoms with Crippen LogP contribution in [0.1, 0.15) is 59.3 Å². The predicted molar refractivity (Wildman–Crippen MR) is 130 cm³/mol. The maximum absolute atomic E-state index is 13.0. The average Bonchev–Trinajstić information content (AvgIpc) is 2.79. The molecule has 34 heavy (non-hydrogen) atoms. The minimum atomic E-state index is -3.63. The Morgan fingerprint density at radius 1 is 1.03 bits per heavy atom. The third kappa shape index (κ3) is 5.50. The van der Waals surface area contributed by atoms with Crippen molar-refractivity contribution in [1.82, 2.24) is 4.31 Å². The monoisotopic (exact) mass is 487 g/mol. The van der Waals surface area contributed by atoms with Crippen LogP contribution in [0.2, 0.25) is 0 Å². The Kier molecular flexibility index (Phi) is 8.15. The molecule has 1 fully saturated rings. The third-order valence-corrected chi connectivity index (χ3v) is 8.31. The largest absolute Gasteiger partial charge is 0.494 e. The van der Waals surface area contributed by atoms with Crippen LogP contribution in [0.25, 0.3) is 0 Å². The standard InChI is InChI=1S/C26H33NO6S/c1-6-32-22-7-9-23(10-8-22)34(30,31)27-13-11-21(12-14-27)26(29)33-16-24-17(2)15-18(3)25(19(24)4)20(5)28/h7-10,15,21H,6,11-14,16H2,1-5H3. The molecule has 0 atom stereocenters. The predicted octanol–water partition coefficient (Wildman–Crippen LogP) is 4.36. The first-order valence-electron chi connectivity index (χ1n) is 11.6. The number of esters is 1. The van der Waals surface area contributed by atoms with E-state index in [1.807, 2.05) is 33.8 Å². The van der Waals surface area contributed by atoms with Crippen LogP contribution in [0.15, 0.2) is 35.2 Å². The molecule has 2 aromatic carbocycles. The maximum atomic E-state index is 13.0. The van der Waals surface area contributed by atoms with Gasteiger partial charge in [-0.3, -0.25) is 9.59 Å². The van der Waals surface area contributed by atoms with E-state index in [9.17, 15) is 18.0 Å². The van der Waals surface area contributed by atoms with Crippen molar-refractivity contribution in [3.8, 4) is 5.75 Å². The van der Waals surface area contributed by atoms with Gasteiger partial charge in [-0.2, -0.15) is 4.31 Å². The first-order chi connectivity index (χ1) is 16.1. The summed E-state index contributed by atoms with van der Waals surface area (Å²) in [6, 6.07) is 8.32. The number of benzene rings is 2. The number of Topliss-reactive ketones (excluding diaryl/α,β-unsaturated/α-hetero) is 1. The molecular weight excluding hydrogens is 454 g/mol. The summed E-state index contributed by atoms with van der Waals surface area (Å²) >= 11 is 0. The molecule has 1 saturated heterocycles. The molecule has 8 heteroatoms. The van der Waals surface area contributed by atoms with E-state index in [2.05, 4.69) is 0 Å². The van der Waals surface area contributed by atoms with Crippen LogP contribution in [0.5, 0.6) is 5.75 Å². The molecule has 0 bridgehead atoms. The Morgan fingerprint density at radius 2 is 1.65 bits per heavy atom. The van der Waals surface area contributed by atoms with Crippen LogP contribution in [-0.2, 0) is 26.2 Å². The molecule has 0 unspecified atom stereocenters. The molecule has 0 amide bonds. The summed E-state index contributed by atoms with van der Waals surface area (Å²) in [6.07, 6.45) is 0.805. The zero-order valence-corrected chi connectivity index (χ0v) is 21.3. The van der Waals surface area contributed by atoms with Gasteiger partial charge in [0, 0.05) is 18.7 Å². The summed E-state index contributed by atoms with van der Waals surface area (Å²) in [6.45, 7) is 10.3. The van der Waals surface area contributed by atoms with Crippen LogP contribution in [0.3, 0.4) is 0 Å². The van der Waals surface area contributed by atoms with Crippen LogP contribution in [-0.4, -0.2) is 44.2 Å². The zero-order chi connectivity index (χ0) is 25.0. The van der Waals surface area contributed by atoms with Gasteiger partial charge in [-0.15, -0.1) is 0 Å². The molecule has 0 saturated carbocycles. The maximum Gasteiger partial charge on any atom is 0.309 e. The lowest BCUT2D eigenvalue weighted by molar-refractivity contribution is -0.151. The number of piperidine rings is 1. The highest BCUT2D eigenvalue weighted by molar-refractivity contribution is 7.89. The van der Waals surface area contributed by atoms with E-state index < -0.39 is 10.0 Å². The fourth-order valence-corrected chi connectivity index (χ4v) is 6.08. The Morgan fingerprint density at radius 3 is 2.21 bits per heavy atom. The Bertz CT molecular complexity index is 1160. The van der Waals surface area contributed by atoms with Gasteiger partial charge in [-0.05, 0) is 94.0 Å². The van der Waals surface area contributed by atoms with E-state index in [-0.39, 0.29) is 42.3 Å². The molecule has 7 nitrogen and oxygen atoms in total. The van der Waals surface area contributed by atoms with Crippen molar-refractivity contribution in [2.24, 2.45) is 5.92 Å². The molecule has 0 aromatic heterocycles. The summed E-state index contributed by atoms with van der Waals surface area (Å²) < 4.78 is 38.4. The number of ether oxygens (including phenoxy) is 2. The second kappa shape index (κ2) is 10.7. The third-order valence-electron chi connectivity index (χ3n) is 6.40. The minimum absolute atomic E-state index is 0.0105. The Balaban J connectivity index is 1.61. The van der Waals surface area contributed by atoms with Crippen molar-refractivity contribution in [2.75, 3.05) is 19.7 Å². The lowest BCUT2D eigenvalue weighted by atomic mass is 9.92. The highest BCUT2D eigenvalue weighted by Gasteiger charge is 2.33. The summed E-state index contributed by atoms with van der Waals surface area (Å²) in [4.78, 5) is 25.0. The molecule has 0 aliphatic carbocycles. The van der Waals surface area contributed by atoms with Crippen LogP contribution >= 0.6 is 0 Å². The van der Waals surface area contributed by atoms with Crippen LogP contribution < -0.4 is 4.74 Å². The molecular formula is C26H33NO6S. The normalized spacial score (nSPS) is 15.2. The summed E-state index contributed by atoms with van der Waals surface area (Å²) in [7, 11) is -3.63. The second-order valence-corrected chi connectivity index (χ2v) is 10.7. The van der Waals surface area contributed by atoms with E-state index in [4.69, 9.17) is 9.47 Å². The number of ketones is 1. The van der Waals surface area contributed by atoms with E-state index in [1.54, 1.807) is 24.3 Å². The SMILES string of the molecule is CCOc1ccc(S(=O)(=O)N2CCC(C(=O)OCc3c(C)cc(C)c(C(C)=O)c3C)CC2)cc1. The Hall–Kier alpha value is -2.71. The van der Waals surface area contributed by atoms with Gasteiger partial charge in [0.2, 0.25) is 10.0 Å². The lowest BCUT2D eigenvalue weighted by Crippen LogP contribution is -2.40. The quantitative estimate of drug-likeness (QED) is 0.406. The number of nitrogens with zero attached hydrogens (tertiary/aromatic N) is 1. The average molecular weight is 488 g/mol. The van der Waals surface area contributed by atoms with Gasteiger partial charge in [-0.1, -0.05) is 6.07 Å². The summed E-state index contributed by atoms with van der Waals surface area (Å²) in [5.41, 5.74) is 4.25. The molecule has 2 aromatic rings. The molecule has 1 heterocycles. The number of sulfonamides is 1. The molecule has 1 aliphatic heterocycles. The summed E-state index contributed by atoms with van der Waals surface area (Å²) in [5, 5.41) is 0. The van der Waals surface area contributed by atoms with E-state index in [0.717, 1.165) is 22.3 Å². The molecule has 1 aliphatic rings. The molecule has 184 valence electrons. The smallest absolute Gasteiger partial charge is 0.309 e. The number of carbonyl (C=O) groups excluding carboxylic acids is 2. The van der Waals surface area contributed by atoms with Crippen molar-refractivity contribution in [3.63, 3.8) is 0 Å². The van der Waals surface area contributed by atoms with Gasteiger partial charge in [0.25, 0.3) is 0 Å². The number of aryl methyl sites for hydroxylation is 2. The number of carbonyl (C=O) groups is 2. The van der Waals surface area contributed by atoms with Crippen LogP contribution in [0.4, 0.5) is 0 Å². The number of hydrogen-bond acceptors (Lipinski definition) is 6. The molecule has 3 rings (SSSR count). The lowest BCUT2D eigenvalue weighted by Gasteiger charge is -2.30. The fourth-order valence-electron chi connectivity index (χ4n) is 4.61. The Labute approximate surface area is 202 Å². The first kappa shape index (κ1) is 25.9. The van der Waals surface area contributed by atoms with E-state index in [0.29, 0.717) is 30.8 Å². The van der Waals surface area contributed by atoms with Gasteiger partial charge >= 0.3 is 5.97 Å². The molecule has 0 spiro atoms. The summed E-state index contributed by atoms with van der Waals surface area (Å²) in [5.74, 6) is -0.0759. The number of rotatable bonds is 8. The highest BCUT2D eigenvalue weighted by atomic mass is 32.2. The topological polar surface area (TPSA) is 90.0 Å². The van der Waals surface area contributed by atoms with Crippen molar-refractivity contribution in [1.29, 1.82) is 0 Å². The molecule has 0 radical (unpaired) electrons. The fraction of sp³-hybridized carbons (Fsp3) is 0.462. The molecule has 0 N–H and O–H groups in total. The zero-order valence-electron chi connectivity index (χ0n) is 20.5. The van der Waals surface area contributed by atoms with Crippen molar-refractivity contribution in [3.05, 3.63) is 58.1 Å². The van der Waals surface area contributed by atoms with Crippen molar-refractivity contribution < 1.29 is 27.5 Å². The second-order valence-electron chi connectivity index (χ2n) is 8.74. The van der Waals surface area contributed by atoms with Crippen molar-refractivity contribution >= 4 is 21.8 Å². The van der Waals surface area contributed by atoms with E-state index >= 15 is 0 Å². The number of hydrogen-bond donors (Lipinski definition) is 0.